The highest BCUT2D eigenvalue weighted by Crippen LogP contribution is 2.01. The van der Waals surface area contributed by atoms with Crippen molar-refractivity contribution in [2.75, 3.05) is 37.7 Å². The van der Waals surface area contributed by atoms with E-state index in [1.807, 2.05) is 0 Å². The van der Waals surface area contributed by atoms with Gasteiger partial charge in [0.2, 0.25) is 0 Å². The fraction of sp³-hybridized carbons (Fsp3) is 1.00. The Morgan fingerprint density at radius 2 is 1.05 bits per heavy atom. The van der Waals surface area contributed by atoms with Gasteiger partial charge in [-0.1, -0.05) is 0 Å². The van der Waals surface area contributed by atoms with Gasteiger partial charge < -0.3 is 9.80 Å². The van der Waals surface area contributed by atoms with Crippen LogP contribution in [0.3, 0.4) is 0 Å². The van der Waals surface area contributed by atoms with E-state index in [1.54, 1.807) is 0 Å². The maximum absolute atomic E-state index is 12.5. The van der Waals surface area contributed by atoms with Gasteiger partial charge in [-0.15, -0.1) is 0 Å². The molecule has 0 saturated carbocycles. The summed E-state index contributed by atoms with van der Waals surface area (Å²) in [6.45, 7) is 8.87. The molecule has 2 aliphatic rings. The second-order valence-electron chi connectivity index (χ2n) is 7.32. The minimum atomic E-state index is -2.92. The van der Waals surface area contributed by atoms with Crippen LogP contribution in [-0.2, 0) is 9.84 Å². The molecular weight excluding hydrogens is 284 g/mol. The summed E-state index contributed by atoms with van der Waals surface area (Å²) in [7, 11) is -2.92. The lowest BCUT2D eigenvalue weighted by atomic mass is 10.1. The third kappa shape index (κ3) is 5.53. The van der Waals surface area contributed by atoms with E-state index in [0.29, 0.717) is 11.5 Å². The van der Waals surface area contributed by atoms with E-state index in [9.17, 15) is 8.42 Å². The Bertz CT molecular complexity index is 367. The Balaban J connectivity index is 1.82. The van der Waals surface area contributed by atoms with Crippen molar-refractivity contribution in [3.63, 3.8) is 0 Å². The molecule has 2 aliphatic heterocycles. The largest absolute Gasteiger partial charge is 0.332 e. The highest BCUT2D eigenvalue weighted by atomic mass is 32.2. The molecule has 2 saturated heterocycles. The molecule has 2 atom stereocenters. The van der Waals surface area contributed by atoms with Gasteiger partial charge in [0.15, 0.2) is 9.84 Å². The van der Waals surface area contributed by atoms with Gasteiger partial charge in [-0.25, -0.2) is 8.42 Å². The van der Waals surface area contributed by atoms with Crippen LogP contribution in [0.2, 0.25) is 0 Å². The monoisotopic (exact) mass is 318 g/mol. The Morgan fingerprint density at radius 1 is 0.714 bits per heavy atom. The van der Waals surface area contributed by atoms with Crippen molar-refractivity contribution < 1.29 is 18.2 Å². The van der Waals surface area contributed by atoms with Crippen molar-refractivity contribution >= 4 is 9.84 Å². The van der Waals surface area contributed by atoms with E-state index in [-0.39, 0.29) is 12.1 Å². The zero-order chi connectivity index (χ0) is 15.3. The molecule has 0 radical (unpaired) electrons. The van der Waals surface area contributed by atoms with Crippen molar-refractivity contribution in [2.24, 2.45) is 0 Å². The summed E-state index contributed by atoms with van der Waals surface area (Å²) in [5.74, 6) is 0.750. The van der Waals surface area contributed by atoms with E-state index >= 15 is 0 Å². The molecule has 5 heteroatoms. The topological polar surface area (TPSA) is 43.0 Å². The first-order chi connectivity index (χ1) is 9.98. The zero-order valence-corrected chi connectivity index (χ0v) is 14.7. The van der Waals surface area contributed by atoms with Crippen LogP contribution in [-0.4, -0.2) is 58.2 Å². The number of nitrogens with one attached hydrogen (secondary N) is 2. The molecule has 2 N–H and O–H groups in total. The molecule has 2 heterocycles. The molecule has 0 aromatic carbocycles. The van der Waals surface area contributed by atoms with Crippen molar-refractivity contribution in [1.29, 1.82) is 0 Å². The number of sulfone groups is 1. The Morgan fingerprint density at radius 3 is 1.38 bits per heavy atom. The summed E-state index contributed by atoms with van der Waals surface area (Å²) in [4.78, 5) is 3.01. The number of hydrogen-bond donors (Lipinski definition) is 2. The number of piperidine rings is 2. The van der Waals surface area contributed by atoms with Gasteiger partial charge in [0.1, 0.15) is 11.5 Å². The van der Waals surface area contributed by atoms with Crippen LogP contribution in [0.4, 0.5) is 0 Å². The van der Waals surface area contributed by atoms with Gasteiger partial charge in [0.05, 0.1) is 38.3 Å². The smallest absolute Gasteiger partial charge is 0.161 e. The molecule has 0 aromatic rings. The van der Waals surface area contributed by atoms with Gasteiger partial charge in [-0.05, 0) is 52.4 Å². The summed E-state index contributed by atoms with van der Waals surface area (Å²) >= 11 is 0. The number of rotatable bonds is 6. The van der Waals surface area contributed by atoms with Gasteiger partial charge in [-0.3, -0.25) is 0 Å². The molecule has 0 aromatic heterocycles. The van der Waals surface area contributed by atoms with E-state index in [1.165, 1.54) is 48.3 Å². The first-order valence-electron chi connectivity index (χ1n) is 8.87. The third-order valence-electron chi connectivity index (χ3n) is 5.39. The predicted octanol–water partition coefficient (Wildman–Crippen LogP) is -0.684. The number of likely N-dealkylation sites (tertiary alicyclic amines) is 2. The highest BCUT2D eigenvalue weighted by molar-refractivity contribution is 7.91. The van der Waals surface area contributed by atoms with Gasteiger partial charge >= 0.3 is 0 Å². The highest BCUT2D eigenvalue weighted by Gasteiger charge is 2.30. The lowest BCUT2D eigenvalue weighted by molar-refractivity contribution is -0.925. The van der Waals surface area contributed by atoms with Crippen LogP contribution in [0.25, 0.3) is 0 Å². The van der Waals surface area contributed by atoms with Crippen LogP contribution in [0, 0.1) is 0 Å². The summed E-state index contributed by atoms with van der Waals surface area (Å²) in [6.07, 6.45) is 7.67. The molecule has 2 rings (SSSR count). The second kappa shape index (κ2) is 7.93. The van der Waals surface area contributed by atoms with Gasteiger partial charge in [0.25, 0.3) is 0 Å². The summed E-state index contributed by atoms with van der Waals surface area (Å²) in [6, 6.07) is 0.526. The zero-order valence-electron chi connectivity index (χ0n) is 13.9. The van der Waals surface area contributed by atoms with Crippen molar-refractivity contribution in [2.45, 2.75) is 64.5 Å². The average molecular weight is 319 g/mol. The number of hydrogen-bond acceptors (Lipinski definition) is 2. The van der Waals surface area contributed by atoms with E-state index in [0.717, 1.165) is 26.2 Å². The second-order valence-corrected chi connectivity index (χ2v) is 9.47. The minimum Gasteiger partial charge on any atom is -0.332 e. The lowest BCUT2D eigenvalue weighted by Crippen LogP contribution is -3.17. The summed E-state index contributed by atoms with van der Waals surface area (Å²) < 4.78 is 25.0. The third-order valence-corrected chi connectivity index (χ3v) is 7.41. The van der Waals surface area contributed by atoms with Crippen LogP contribution < -0.4 is 9.80 Å². The average Bonchev–Trinajstić information content (AvgIpc) is 2.48. The van der Waals surface area contributed by atoms with Crippen molar-refractivity contribution in [1.82, 2.24) is 0 Å². The van der Waals surface area contributed by atoms with Crippen LogP contribution in [0.1, 0.15) is 52.4 Å². The lowest BCUT2D eigenvalue weighted by Gasteiger charge is -2.31. The van der Waals surface area contributed by atoms with Crippen LogP contribution in [0.5, 0.6) is 0 Å². The van der Waals surface area contributed by atoms with E-state index < -0.39 is 9.84 Å². The molecule has 0 amide bonds. The molecule has 0 bridgehead atoms. The first-order valence-corrected chi connectivity index (χ1v) is 10.7. The maximum Gasteiger partial charge on any atom is 0.161 e. The predicted molar refractivity (Wildman–Crippen MR) is 86.7 cm³/mol. The SMILES string of the molecule is C[C@H](CS(=O)(=O)C[C@H](C)[NH+]1CCCCC1)[NH+]1CCCCC1. The molecule has 21 heavy (non-hydrogen) atoms. The Labute approximate surface area is 130 Å². The van der Waals surface area contributed by atoms with Crippen LogP contribution in [0.15, 0.2) is 0 Å². The standard InChI is InChI=1S/C16H32N2O2S/c1-15(17-9-5-3-6-10-17)13-21(19,20)14-16(2)18-11-7-4-8-12-18/h15-16H,3-14H2,1-2H3/p+2/t15-,16+. The molecule has 4 nitrogen and oxygen atoms in total. The molecule has 0 aliphatic carbocycles. The normalized spacial score (nSPS) is 25.6. The molecule has 2 fully saturated rings. The summed E-state index contributed by atoms with van der Waals surface area (Å²) in [5, 5.41) is 0. The molecular formula is C16H34N2O2S+2. The fourth-order valence-electron chi connectivity index (χ4n) is 4.06. The maximum atomic E-state index is 12.5. The number of quaternary nitrogens is 2. The van der Waals surface area contributed by atoms with E-state index in [4.69, 9.17) is 0 Å². The van der Waals surface area contributed by atoms with Crippen LogP contribution >= 0.6 is 0 Å². The Hall–Kier alpha value is -0.130. The van der Waals surface area contributed by atoms with Gasteiger partial charge in [-0.2, -0.15) is 0 Å². The molecule has 124 valence electrons. The van der Waals surface area contributed by atoms with Gasteiger partial charge in [0, 0.05) is 0 Å². The Kier molecular flexibility index (Phi) is 6.51. The van der Waals surface area contributed by atoms with Crippen molar-refractivity contribution in [3.8, 4) is 0 Å². The van der Waals surface area contributed by atoms with Crippen molar-refractivity contribution in [3.05, 3.63) is 0 Å². The quantitative estimate of drug-likeness (QED) is 0.681. The van der Waals surface area contributed by atoms with E-state index in [2.05, 4.69) is 13.8 Å². The fourth-order valence-corrected chi connectivity index (χ4v) is 6.19. The molecule has 0 spiro atoms. The first kappa shape index (κ1) is 17.2. The minimum absolute atomic E-state index is 0.263. The summed E-state index contributed by atoms with van der Waals surface area (Å²) in [5.41, 5.74) is 0. The molecule has 0 unspecified atom stereocenters.